The van der Waals surface area contributed by atoms with E-state index < -0.39 is 0 Å². The van der Waals surface area contributed by atoms with Crippen LogP contribution in [0.1, 0.15) is 12.5 Å². The lowest BCUT2D eigenvalue weighted by Crippen LogP contribution is -2.38. The Kier molecular flexibility index (Phi) is 8.28. The molecule has 1 fully saturated rings. The third-order valence-corrected chi connectivity index (χ3v) is 5.42. The van der Waals surface area contributed by atoms with Gasteiger partial charge >= 0.3 is 0 Å². The standard InChI is InChI=1S/C23H29ClN4O3/c1-3-27(16-23(30)26-21-9-4-17(2)14-20(21)24)15-22(29)25-18-5-7-19(8-6-18)28-10-12-31-13-11-28/h4-9,14H,3,10-13,15-16H2,1-2H3,(H,25,29)(H,26,30). The van der Waals surface area contributed by atoms with Crippen LogP contribution in [-0.4, -0.2) is 62.7 Å². The van der Waals surface area contributed by atoms with Gasteiger partial charge in [0, 0.05) is 24.5 Å². The number of aryl methyl sites for hydroxylation is 1. The molecule has 2 aromatic rings. The molecule has 0 aromatic heterocycles. The number of carbonyl (C=O) groups excluding carboxylic acids is 2. The molecule has 166 valence electrons. The third-order valence-electron chi connectivity index (χ3n) is 5.11. The molecule has 0 aliphatic carbocycles. The van der Waals surface area contributed by atoms with Gasteiger partial charge in [0.15, 0.2) is 0 Å². The predicted octanol–water partition coefficient (Wildman–Crippen LogP) is 3.38. The zero-order chi connectivity index (χ0) is 22.2. The van der Waals surface area contributed by atoms with Crippen molar-refractivity contribution in [1.82, 2.24) is 4.90 Å². The Labute approximate surface area is 188 Å². The van der Waals surface area contributed by atoms with E-state index in [1.165, 1.54) is 0 Å². The van der Waals surface area contributed by atoms with Crippen molar-refractivity contribution in [2.45, 2.75) is 13.8 Å². The van der Waals surface area contributed by atoms with Crippen LogP contribution >= 0.6 is 11.6 Å². The van der Waals surface area contributed by atoms with Crippen molar-refractivity contribution in [2.75, 3.05) is 61.5 Å². The Balaban J connectivity index is 1.49. The van der Waals surface area contributed by atoms with Crippen molar-refractivity contribution in [3.8, 4) is 0 Å². The van der Waals surface area contributed by atoms with E-state index in [1.54, 1.807) is 17.0 Å². The van der Waals surface area contributed by atoms with E-state index in [1.807, 2.05) is 44.2 Å². The minimum Gasteiger partial charge on any atom is -0.378 e. The number of ether oxygens (including phenoxy) is 1. The number of rotatable bonds is 8. The summed E-state index contributed by atoms with van der Waals surface area (Å²) in [5.74, 6) is -0.377. The zero-order valence-electron chi connectivity index (χ0n) is 18.0. The topological polar surface area (TPSA) is 73.9 Å². The Morgan fingerprint density at radius 3 is 2.29 bits per heavy atom. The number of likely N-dealkylation sites (N-methyl/N-ethyl adjacent to an activating group) is 1. The highest BCUT2D eigenvalue weighted by molar-refractivity contribution is 6.33. The van der Waals surface area contributed by atoms with E-state index in [2.05, 4.69) is 15.5 Å². The molecular formula is C23H29ClN4O3. The minimum atomic E-state index is -0.213. The fourth-order valence-corrected chi connectivity index (χ4v) is 3.66. The van der Waals surface area contributed by atoms with Crippen LogP contribution < -0.4 is 15.5 Å². The summed E-state index contributed by atoms with van der Waals surface area (Å²) in [6, 6.07) is 13.2. The SMILES string of the molecule is CCN(CC(=O)Nc1ccc(N2CCOCC2)cc1)CC(=O)Nc1ccc(C)cc1Cl. The van der Waals surface area contributed by atoms with Gasteiger partial charge in [0.05, 0.1) is 37.0 Å². The molecule has 0 spiro atoms. The molecule has 2 amide bonds. The lowest BCUT2D eigenvalue weighted by molar-refractivity contribution is -0.119. The van der Waals surface area contributed by atoms with Crippen molar-refractivity contribution in [3.63, 3.8) is 0 Å². The molecule has 0 atom stereocenters. The van der Waals surface area contributed by atoms with Gasteiger partial charge in [-0.15, -0.1) is 0 Å². The van der Waals surface area contributed by atoms with Crippen LogP contribution in [0.25, 0.3) is 0 Å². The Morgan fingerprint density at radius 1 is 1.03 bits per heavy atom. The normalized spacial score (nSPS) is 13.9. The molecule has 1 aliphatic rings. The van der Waals surface area contributed by atoms with Crippen LogP contribution in [0.2, 0.25) is 5.02 Å². The van der Waals surface area contributed by atoms with Crippen LogP contribution in [0, 0.1) is 6.92 Å². The molecule has 0 saturated carbocycles. The molecule has 31 heavy (non-hydrogen) atoms. The Hall–Kier alpha value is -2.61. The van der Waals surface area contributed by atoms with Gasteiger partial charge in [0.1, 0.15) is 0 Å². The number of amides is 2. The van der Waals surface area contributed by atoms with Gasteiger partial charge in [-0.3, -0.25) is 14.5 Å². The predicted molar refractivity (Wildman–Crippen MR) is 125 cm³/mol. The van der Waals surface area contributed by atoms with E-state index in [0.717, 1.165) is 43.2 Å². The molecule has 1 aliphatic heterocycles. The number of hydrogen-bond acceptors (Lipinski definition) is 5. The maximum Gasteiger partial charge on any atom is 0.238 e. The summed E-state index contributed by atoms with van der Waals surface area (Å²) in [4.78, 5) is 28.9. The first-order valence-electron chi connectivity index (χ1n) is 10.5. The molecule has 0 bridgehead atoms. The molecule has 1 saturated heterocycles. The average molecular weight is 445 g/mol. The number of benzene rings is 2. The zero-order valence-corrected chi connectivity index (χ0v) is 18.7. The fraction of sp³-hybridized carbons (Fsp3) is 0.391. The minimum absolute atomic E-state index is 0.101. The van der Waals surface area contributed by atoms with Crippen molar-refractivity contribution in [1.29, 1.82) is 0 Å². The first-order valence-corrected chi connectivity index (χ1v) is 10.8. The summed E-state index contributed by atoms with van der Waals surface area (Å²) in [5, 5.41) is 6.20. The van der Waals surface area contributed by atoms with Gasteiger partial charge in [-0.1, -0.05) is 24.6 Å². The van der Waals surface area contributed by atoms with Crippen molar-refractivity contribution < 1.29 is 14.3 Å². The van der Waals surface area contributed by atoms with Crippen molar-refractivity contribution in [2.24, 2.45) is 0 Å². The van der Waals surface area contributed by atoms with E-state index in [-0.39, 0.29) is 24.9 Å². The lowest BCUT2D eigenvalue weighted by Gasteiger charge is -2.29. The largest absolute Gasteiger partial charge is 0.378 e. The number of halogens is 1. The van der Waals surface area contributed by atoms with Crippen molar-refractivity contribution >= 4 is 40.5 Å². The highest BCUT2D eigenvalue weighted by Gasteiger charge is 2.15. The van der Waals surface area contributed by atoms with E-state index in [9.17, 15) is 9.59 Å². The summed E-state index contributed by atoms with van der Waals surface area (Å²) in [6.07, 6.45) is 0. The molecule has 8 heteroatoms. The molecular weight excluding hydrogens is 416 g/mol. The molecule has 1 heterocycles. The second-order valence-electron chi connectivity index (χ2n) is 7.53. The smallest absolute Gasteiger partial charge is 0.238 e. The van der Waals surface area contributed by atoms with Crippen LogP contribution in [0.5, 0.6) is 0 Å². The maximum absolute atomic E-state index is 12.5. The summed E-state index contributed by atoms with van der Waals surface area (Å²) in [7, 11) is 0. The van der Waals surface area contributed by atoms with Crippen LogP contribution in [-0.2, 0) is 14.3 Å². The number of hydrogen-bond donors (Lipinski definition) is 2. The average Bonchev–Trinajstić information content (AvgIpc) is 2.76. The number of morpholine rings is 1. The van der Waals surface area contributed by atoms with Crippen LogP contribution in [0.4, 0.5) is 17.1 Å². The van der Waals surface area contributed by atoms with E-state index in [4.69, 9.17) is 16.3 Å². The quantitative estimate of drug-likeness (QED) is 0.653. The summed E-state index contributed by atoms with van der Waals surface area (Å²) in [6.45, 7) is 7.84. The summed E-state index contributed by atoms with van der Waals surface area (Å²) < 4.78 is 5.38. The second kappa shape index (κ2) is 11.1. The Bertz CT molecular complexity index is 898. The first-order chi connectivity index (χ1) is 14.9. The molecule has 3 rings (SSSR count). The van der Waals surface area contributed by atoms with E-state index >= 15 is 0 Å². The van der Waals surface area contributed by atoms with Crippen LogP contribution in [0.15, 0.2) is 42.5 Å². The number of anilines is 3. The molecule has 2 aromatic carbocycles. The fourth-order valence-electron chi connectivity index (χ4n) is 3.37. The maximum atomic E-state index is 12.5. The van der Waals surface area contributed by atoms with E-state index in [0.29, 0.717) is 17.3 Å². The first kappa shape index (κ1) is 23.1. The summed E-state index contributed by atoms with van der Waals surface area (Å²) in [5.41, 5.74) is 3.43. The third kappa shape index (κ3) is 6.95. The highest BCUT2D eigenvalue weighted by Crippen LogP contribution is 2.22. The Morgan fingerprint density at radius 2 is 1.68 bits per heavy atom. The van der Waals surface area contributed by atoms with Gasteiger partial charge in [0.25, 0.3) is 0 Å². The van der Waals surface area contributed by atoms with Gasteiger partial charge < -0.3 is 20.3 Å². The van der Waals surface area contributed by atoms with Gasteiger partial charge in [-0.05, 0) is 55.4 Å². The molecule has 0 radical (unpaired) electrons. The highest BCUT2D eigenvalue weighted by atomic mass is 35.5. The second-order valence-corrected chi connectivity index (χ2v) is 7.94. The summed E-state index contributed by atoms with van der Waals surface area (Å²) >= 11 is 6.18. The number of nitrogens with zero attached hydrogens (tertiary/aromatic N) is 2. The van der Waals surface area contributed by atoms with Crippen molar-refractivity contribution in [3.05, 3.63) is 53.1 Å². The number of carbonyl (C=O) groups is 2. The van der Waals surface area contributed by atoms with Gasteiger partial charge in [-0.2, -0.15) is 0 Å². The molecule has 0 unspecified atom stereocenters. The van der Waals surface area contributed by atoms with Gasteiger partial charge in [-0.25, -0.2) is 0 Å². The number of nitrogens with one attached hydrogen (secondary N) is 2. The monoisotopic (exact) mass is 444 g/mol. The van der Waals surface area contributed by atoms with Gasteiger partial charge in [0.2, 0.25) is 11.8 Å². The molecule has 2 N–H and O–H groups in total. The van der Waals surface area contributed by atoms with Crippen LogP contribution in [0.3, 0.4) is 0 Å². The lowest BCUT2D eigenvalue weighted by atomic mass is 10.2. The molecule has 7 nitrogen and oxygen atoms in total.